The summed E-state index contributed by atoms with van der Waals surface area (Å²) in [5.74, 6) is 1.12. The van der Waals surface area contributed by atoms with Gasteiger partial charge in [0.1, 0.15) is 5.75 Å². The van der Waals surface area contributed by atoms with Crippen molar-refractivity contribution in [2.45, 2.75) is 38.8 Å². The molecule has 0 spiro atoms. The van der Waals surface area contributed by atoms with E-state index in [1.165, 1.54) is 0 Å². The molecular weight excluding hydrogens is 290 g/mol. The van der Waals surface area contributed by atoms with Gasteiger partial charge in [-0.3, -0.25) is 9.69 Å². The third kappa shape index (κ3) is 3.96. The molecule has 5 nitrogen and oxygen atoms in total. The number of nitrogens with one attached hydrogen (secondary N) is 1. The molecule has 2 aliphatic rings. The molecule has 1 heterocycles. The Kier molecular flexibility index (Phi) is 5.06. The normalized spacial score (nSPS) is 20.2. The molecule has 0 bridgehead atoms. The Morgan fingerprint density at radius 2 is 1.96 bits per heavy atom. The van der Waals surface area contributed by atoms with Gasteiger partial charge in [0.25, 0.3) is 0 Å². The van der Waals surface area contributed by atoms with Gasteiger partial charge in [-0.05, 0) is 38.8 Å². The highest BCUT2D eigenvalue weighted by Gasteiger charge is 2.30. The van der Waals surface area contributed by atoms with Gasteiger partial charge in [0.05, 0.1) is 18.3 Å². The third-order valence-electron chi connectivity index (χ3n) is 4.67. The Labute approximate surface area is 138 Å². The van der Waals surface area contributed by atoms with Crippen LogP contribution < -0.4 is 15.0 Å². The molecular formula is C18H27N3O2. The smallest absolute Gasteiger partial charge is 0.237 e. The van der Waals surface area contributed by atoms with E-state index < -0.39 is 0 Å². The molecule has 5 heteroatoms. The van der Waals surface area contributed by atoms with Crippen molar-refractivity contribution in [3.05, 3.63) is 24.3 Å². The highest BCUT2D eigenvalue weighted by molar-refractivity contribution is 5.81. The van der Waals surface area contributed by atoms with Gasteiger partial charge in [0.2, 0.25) is 5.91 Å². The highest BCUT2D eigenvalue weighted by atomic mass is 16.5. The van der Waals surface area contributed by atoms with Crippen LogP contribution in [0.4, 0.5) is 5.69 Å². The van der Waals surface area contributed by atoms with Gasteiger partial charge in [-0.1, -0.05) is 12.1 Å². The van der Waals surface area contributed by atoms with Crippen LogP contribution in [-0.2, 0) is 4.79 Å². The largest absolute Gasteiger partial charge is 0.492 e. The monoisotopic (exact) mass is 317 g/mol. The molecule has 1 aromatic rings. The quantitative estimate of drug-likeness (QED) is 0.870. The van der Waals surface area contributed by atoms with Crippen molar-refractivity contribution >= 4 is 11.6 Å². The third-order valence-corrected chi connectivity index (χ3v) is 4.67. The molecule has 1 atom stereocenters. The second-order valence-corrected chi connectivity index (χ2v) is 6.38. The molecule has 0 radical (unpaired) electrons. The maximum Gasteiger partial charge on any atom is 0.237 e. The van der Waals surface area contributed by atoms with E-state index in [0.717, 1.165) is 50.5 Å². The van der Waals surface area contributed by atoms with Crippen molar-refractivity contribution in [2.24, 2.45) is 0 Å². The fourth-order valence-corrected chi connectivity index (χ4v) is 3.06. The van der Waals surface area contributed by atoms with Gasteiger partial charge in [-0.2, -0.15) is 0 Å². The molecule has 1 aromatic carbocycles. The van der Waals surface area contributed by atoms with Crippen LogP contribution in [0, 0.1) is 0 Å². The lowest BCUT2D eigenvalue weighted by Crippen LogP contribution is -2.54. The summed E-state index contributed by atoms with van der Waals surface area (Å²) in [7, 11) is 0. The summed E-state index contributed by atoms with van der Waals surface area (Å²) in [6.07, 6.45) is 2.28. The van der Waals surface area contributed by atoms with Crippen molar-refractivity contribution in [2.75, 3.05) is 37.7 Å². The van der Waals surface area contributed by atoms with Gasteiger partial charge in [0.15, 0.2) is 0 Å². The second kappa shape index (κ2) is 7.21. The molecule has 1 saturated carbocycles. The Morgan fingerprint density at radius 1 is 1.26 bits per heavy atom. The molecule has 0 aromatic heterocycles. The van der Waals surface area contributed by atoms with E-state index in [1.807, 2.05) is 26.0 Å². The summed E-state index contributed by atoms with van der Waals surface area (Å²) in [5, 5.41) is 3.11. The molecule has 1 aliphatic carbocycles. The van der Waals surface area contributed by atoms with E-state index in [9.17, 15) is 4.79 Å². The molecule has 1 amide bonds. The fraction of sp³-hybridized carbons (Fsp3) is 0.611. The van der Waals surface area contributed by atoms with Crippen molar-refractivity contribution in [1.82, 2.24) is 10.2 Å². The highest BCUT2D eigenvalue weighted by Crippen LogP contribution is 2.29. The Morgan fingerprint density at radius 3 is 2.61 bits per heavy atom. The Balaban J connectivity index is 1.56. The van der Waals surface area contributed by atoms with Crippen molar-refractivity contribution in [3.63, 3.8) is 0 Å². The number of rotatable bonds is 6. The average Bonchev–Trinajstić information content (AvgIpc) is 3.39. The number of amides is 1. The maximum absolute atomic E-state index is 12.2. The predicted octanol–water partition coefficient (Wildman–Crippen LogP) is 1.87. The van der Waals surface area contributed by atoms with Crippen LogP contribution in [0.2, 0.25) is 0 Å². The molecule has 126 valence electrons. The summed E-state index contributed by atoms with van der Waals surface area (Å²) in [4.78, 5) is 16.8. The van der Waals surface area contributed by atoms with Crippen molar-refractivity contribution < 1.29 is 9.53 Å². The lowest BCUT2D eigenvalue weighted by atomic mass is 10.2. The molecule has 1 saturated heterocycles. The second-order valence-electron chi connectivity index (χ2n) is 6.38. The topological polar surface area (TPSA) is 44.8 Å². The number of carbonyl (C=O) groups excluding carboxylic acids is 1. The molecule has 2 fully saturated rings. The van der Waals surface area contributed by atoms with E-state index in [0.29, 0.717) is 12.6 Å². The van der Waals surface area contributed by atoms with Crippen molar-refractivity contribution in [3.8, 4) is 5.75 Å². The first-order chi connectivity index (χ1) is 11.2. The summed E-state index contributed by atoms with van der Waals surface area (Å²) in [5.41, 5.74) is 1.16. The molecule has 0 unspecified atom stereocenters. The number of hydrogen-bond acceptors (Lipinski definition) is 4. The van der Waals surface area contributed by atoms with Gasteiger partial charge >= 0.3 is 0 Å². The minimum Gasteiger partial charge on any atom is -0.492 e. The van der Waals surface area contributed by atoms with E-state index in [-0.39, 0.29) is 11.9 Å². The van der Waals surface area contributed by atoms with Gasteiger partial charge in [-0.15, -0.1) is 0 Å². The fourth-order valence-electron chi connectivity index (χ4n) is 3.06. The van der Waals surface area contributed by atoms with Crippen LogP contribution in [0.15, 0.2) is 24.3 Å². The summed E-state index contributed by atoms with van der Waals surface area (Å²) >= 11 is 0. The Hall–Kier alpha value is -1.75. The van der Waals surface area contributed by atoms with E-state index in [4.69, 9.17) is 4.74 Å². The SMILES string of the molecule is CCOc1ccccc1N1CCN([C@@H](C)C(=O)NC2CC2)CC1. The molecule has 23 heavy (non-hydrogen) atoms. The number of benzene rings is 1. The van der Waals surface area contributed by atoms with E-state index in [1.54, 1.807) is 0 Å². The number of nitrogens with zero attached hydrogens (tertiary/aromatic N) is 2. The van der Waals surface area contributed by atoms with Crippen LogP contribution in [0.1, 0.15) is 26.7 Å². The minimum absolute atomic E-state index is 0.0418. The predicted molar refractivity (Wildman–Crippen MR) is 92.0 cm³/mol. The zero-order valence-electron chi connectivity index (χ0n) is 14.1. The number of anilines is 1. The van der Waals surface area contributed by atoms with Crippen LogP contribution in [-0.4, -0.2) is 55.7 Å². The number of ether oxygens (including phenoxy) is 1. The van der Waals surface area contributed by atoms with Crippen LogP contribution in [0.25, 0.3) is 0 Å². The molecule has 3 rings (SSSR count). The van der Waals surface area contributed by atoms with Gasteiger partial charge < -0.3 is 15.0 Å². The zero-order valence-corrected chi connectivity index (χ0v) is 14.1. The van der Waals surface area contributed by atoms with Crippen LogP contribution in [0.3, 0.4) is 0 Å². The Bertz CT molecular complexity index is 537. The summed E-state index contributed by atoms with van der Waals surface area (Å²) in [6, 6.07) is 8.59. The lowest BCUT2D eigenvalue weighted by Gasteiger charge is -2.39. The first kappa shape index (κ1) is 16.1. The first-order valence-electron chi connectivity index (χ1n) is 8.70. The standard InChI is InChI=1S/C18H27N3O2/c1-3-23-17-7-5-4-6-16(17)21-12-10-20(11-13-21)14(2)18(22)19-15-8-9-15/h4-7,14-15H,3,8-13H2,1-2H3,(H,19,22)/t14-/m0/s1. The van der Waals surface area contributed by atoms with Crippen LogP contribution in [0.5, 0.6) is 5.75 Å². The summed E-state index contributed by atoms with van der Waals surface area (Å²) in [6.45, 7) is 8.35. The van der Waals surface area contributed by atoms with E-state index >= 15 is 0 Å². The first-order valence-corrected chi connectivity index (χ1v) is 8.70. The number of hydrogen-bond donors (Lipinski definition) is 1. The number of carbonyl (C=O) groups is 1. The van der Waals surface area contributed by atoms with E-state index in [2.05, 4.69) is 27.2 Å². The average molecular weight is 317 g/mol. The molecule has 1 N–H and O–H groups in total. The zero-order chi connectivity index (χ0) is 16.2. The lowest BCUT2D eigenvalue weighted by molar-refractivity contribution is -0.126. The number of para-hydroxylation sites is 2. The van der Waals surface area contributed by atoms with Crippen molar-refractivity contribution in [1.29, 1.82) is 0 Å². The molecule has 1 aliphatic heterocycles. The maximum atomic E-state index is 12.2. The van der Waals surface area contributed by atoms with Crippen LogP contribution >= 0.6 is 0 Å². The summed E-state index contributed by atoms with van der Waals surface area (Å²) < 4.78 is 5.73. The number of piperazine rings is 1. The van der Waals surface area contributed by atoms with Gasteiger partial charge in [0, 0.05) is 32.2 Å². The van der Waals surface area contributed by atoms with Gasteiger partial charge in [-0.25, -0.2) is 0 Å². The minimum atomic E-state index is -0.0418.